The van der Waals surface area contributed by atoms with Gasteiger partial charge in [0.1, 0.15) is 11.4 Å². The van der Waals surface area contributed by atoms with E-state index in [1.165, 1.54) is 5.56 Å². The number of aryl methyl sites for hydroxylation is 3. The van der Waals surface area contributed by atoms with E-state index in [9.17, 15) is 0 Å². The normalized spacial score (nSPS) is 11.2. The minimum absolute atomic E-state index is 0.412. The average molecular weight is 510 g/mol. The topological polar surface area (TPSA) is 35.2 Å². The van der Waals surface area contributed by atoms with Gasteiger partial charge in [-0.25, -0.2) is 0 Å². The lowest BCUT2D eigenvalue weighted by atomic mass is 9.86. The molecule has 0 aliphatic carbocycles. The molecule has 2 N–H and O–H groups in total. The van der Waals surface area contributed by atoms with Crippen LogP contribution in [0.5, 0.6) is 5.75 Å². The van der Waals surface area contributed by atoms with E-state index in [-0.39, 0.29) is 0 Å². The van der Waals surface area contributed by atoms with Crippen molar-refractivity contribution in [3.05, 3.63) is 106 Å². The van der Waals surface area contributed by atoms with Crippen molar-refractivity contribution in [3.8, 4) is 5.75 Å². The molecular weight excluding hydrogens is 462 g/mol. The van der Waals surface area contributed by atoms with Gasteiger partial charge >= 0.3 is 0 Å². The lowest BCUT2D eigenvalue weighted by Crippen LogP contribution is -2.25. The summed E-state index contributed by atoms with van der Waals surface area (Å²) in [6.07, 6.45) is 3.44. The molecule has 0 radical (unpaired) electrons. The fourth-order valence-electron chi connectivity index (χ4n) is 3.70. The van der Waals surface area contributed by atoms with Crippen LogP contribution < -0.4 is 10.5 Å². The smallest absolute Gasteiger partial charge is 0.123 e. The van der Waals surface area contributed by atoms with Crippen molar-refractivity contribution in [2.45, 2.75) is 87.7 Å². The Kier molecular flexibility index (Phi) is 14.3. The molecule has 2 nitrogen and oxygen atoms in total. The van der Waals surface area contributed by atoms with E-state index in [4.69, 9.17) is 22.1 Å². The van der Waals surface area contributed by atoms with Gasteiger partial charge in [0.25, 0.3) is 0 Å². The van der Waals surface area contributed by atoms with Gasteiger partial charge in [-0.15, -0.1) is 0 Å². The molecule has 2 aromatic carbocycles. The second kappa shape index (κ2) is 15.4. The lowest BCUT2D eigenvalue weighted by molar-refractivity contribution is 0.161. The van der Waals surface area contributed by atoms with Crippen molar-refractivity contribution in [2.75, 3.05) is 0 Å². The molecule has 0 amide bonds. The molecule has 2 aromatic rings. The van der Waals surface area contributed by atoms with Crippen LogP contribution in [0.3, 0.4) is 0 Å². The summed E-state index contributed by atoms with van der Waals surface area (Å²) >= 11 is 6.70. The number of halogens is 1. The first kappa shape index (κ1) is 33.3. The minimum atomic E-state index is -0.412. The zero-order chi connectivity index (χ0) is 28.2. The van der Waals surface area contributed by atoms with E-state index in [2.05, 4.69) is 45.7 Å². The van der Waals surface area contributed by atoms with Gasteiger partial charge in [-0.05, 0) is 112 Å². The van der Waals surface area contributed by atoms with E-state index in [1.807, 2.05) is 79.7 Å². The Balaban J connectivity index is 0.00000291. The zero-order valence-corrected chi connectivity index (χ0v) is 25.1. The number of rotatable bonds is 9. The van der Waals surface area contributed by atoms with Gasteiger partial charge in [-0.2, -0.15) is 0 Å². The highest BCUT2D eigenvalue weighted by molar-refractivity contribution is 6.31. The molecule has 0 aliphatic heterocycles. The molecule has 198 valence electrons. The van der Waals surface area contributed by atoms with Gasteiger partial charge in [-0.3, -0.25) is 0 Å². The van der Waals surface area contributed by atoms with Gasteiger partial charge in [0.2, 0.25) is 0 Å². The maximum absolute atomic E-state index is 6.70. The van der Waals surface area contributed by atoms with Crippen LogP contribution in [0.25, 0.3) is 5.57 Å². The first-order valence-corrected chi connectivity index (χ1v) is 13.3. The minimum Gasteiger partial charge on any atom is -0.484 e. The number of benzene rings is 2. The van der Waals surface area contributed by atoms with Crippen molar-refractivity contribution < 1.29 is 4.74 Å². The third-order valence-electron chi connectivity index (χ3n) is 5.64. The standard InChI is InChI=1S/C29H36ClNO.2C2H6/c1-10-29(8,9)32-25-16-13-22(17-21(25)7)12-14-23-24(30)15-11-20(6)27(23)26(18(2)3)28(31)19(4)5;2*1-2/h10-11,13,15-17H,1-2,4,12,14,31H2,3,5-9H3;2*1-2H3/b28-26-;;. The molecular formula is C33H48ClNO. The van der Waals surface area contributed by atoms with Crippen molar-refractivity contribution in [3.63, 3.8) is 0 Å². The second-order valence-corrected chi connectivity index (χ2v) is 9.48. The Labute approximate surface area is 226 Å². The van der Waals surface area contributed by atoms with Crippen molar-refractivity contribution in [1.29, 1.82) is 0 Å². The van der Waals surface area contributed by atoms with Crippen LogP contribution in [0, 0.1) is 13.8 Å². The molecule has 0 unspecified atom stereocenters. The zero-order valence-electron chi connectivity index (χ0n) is 24.4. The van der Waals surface area contributed by atoms with Crippen LogP contribution in [0.4, 0.5) is 0 Å². The highest BCUT2D eigenvalue weighted by Crippen LogP contribution is 2.36. The molecule has 3 heteroatoms. The molecule has 36 heavy (non-hydrogen) atoms. The van der Waals surface area contributed by atoms with E-state index < -0.39 is 5.60 Å². The summed E-state index contributed by atoms with van der Waals surface area (Å²) in [4.78, 5) is 0. The quantitative estimate of drug-likeness (QED) is 0.269. The van der Waals surface area contributed by atoms with Crippen LogP contribution in [-0.2, 0) is 12.8 Å². The Hall–Kier alpha value is -2.71. The SMILES string of the molecule is C=CC(C)(C)Oc1ccc(CCc2c(Cl)ccc(C)c2/C(C(=C)C)=C(\N)C(=C)C)cc1C.CC.CC. The van der Waals surface area contributed by atoms with Crippen molar-refractivity contribution in [1.82, 2.24) is 0 Å². The fourth-order valence-corrected chi connectivity index (χ4v) is 3.95. The summed E-state index contributed by atoms with van der Waals surface area (Å²) in [6, 6.07) is 10.3. The molecule has 0 spiro atoms. The van der Waals surface area contributed by atoms with Crippen LogP contribution in [0.15, 0.2) is 73.0 Å². The number of ether oxygens (including phenoxy) is 1. The summed E-state index contributed by atoms with van der Waals surface area (Å²) in [5.74, 6) is 0.870. The molecule has 0 saturated heterocycles. The third kappa shape index (κ3) is 9.06. The van der Waals surface area contributed by atoms with Gasteiger partial charge in [0, 0.05) is 16.3 Å². The predicted molar refractivity (Wildman–Crippen MR) is 163 cm³/mol. The number of hydrogen-bond acceptors (Lipinski definition) is 2. The average Bonchev–Trinajstić information content (AvgIpc) is 2.84. The van der Waals surface area contributed by atoms with Crippen LogP contribution in [0.1, 0.15) is 83.2 Å². The third-order valence-corrected chi connectivity index (χ3v) is 5.99. The highest BCUT2D eigenvalue weighted by Gasteiger charge is 2.19. The number of nitrogens with two attached hydrogens (primary N) is 1. The molecule has 0 saturated carbocycles. The Bertz CT molecular complexity index is 1090. The van der Waals surface area contributed by atoms with Crippen LogP contribution in [0.2, 0.25) is 5.02 Å². The maximum atomic E-state index is 6.70. The molecule has 2 rings (SSSR count). The molecule has 0 bridgehead atoms. The summed E-state index contributed by atoms with van der Waals surface area (Å²) in [6.45, 7) is 32.1. The van der Waals surface area contributed by atoms with Crippen LogP contribution in [-0.4, -0.2) is 5.60 Å². The van der Waals surface area contributed by atoms with E-state index >= 15 is 0 Å². The molecule has 0 aliphatic rings. The summed E-state index contributed by atoms with van der Waals surface area (Å²) in [7, 11) is 0. The summed E-state index contributed by atoms with van der Waals surface area (Å²) in [5.41, 5.74) is 14.9. The second-order valence-electron chi connectivity index (χ2n) is 9.08. The highest BCUT2D eigenvalue weighted by atomic mass is 35.5. The first-order valence-electron chi connectivity index (χ1n) is 12.9. The molecule has 0 aromatic heterocycles. The number of allylic oxidation sites excluding steroid dienone is 3. The summed E-state index contributed by atoms with van der Waals surface area (Å²) in [5, 5.41) is 0.739. The van der Waals surface area contributed by atoms with E-state index in [0.717, 1.165) is 62.6 Å². The van der Waals surface area contributed by atoms with Gasteiger partial charge in [0.15, 0.2) is 0 Å². The first-order chi connectivity index (χ1) is 16.9. The summed E-state index contributed by atoms with van der Waals surface area (Å²) < 4.78 is 6.08. The predicted octanol–water partition coefficient (Wildman–Crippen LogP) is 9.96. The molecule has 0 fully saturated rings. The molecule has 0 heterocycles. The Morgan fingerprint density at radius 2 is 1.53 bits per heavy atom. The van der Waals surface area contributed by atoms with E-state index in [0.29, 0.717) is 5.70 Å². The van der Waals surface area contributed by atoms with Gasteiger partial charge < -0.3 is 10.5 Å². The largest absolute Gasteiger partial charge is 0.484 e. The van der Waals surface area contributed by atoms with E-state index in [1.54, 1.807) is 0 Å². The fraction of sp³-hybridized carbons (Fsp3) is 0.394. The van der Waals surface area contributed by atoms with Gasteiger partial charge in [-0.1, -0.05) is 77.2 Å². The van der Waals surface area contributed by atoms with Gasteiger partial charge in [0.05, 0.1) is 0 Å². The number of hydrogen-bond donors (Lipinski definition) is 1. The Morgan fingerprint density at radius 3 is 2.00 bits per heavy atom. The molecule has 0 atom stereocenters. The Morgan fingerprint density at radius 1 is 0.944 bits per heavy atom. The maximum Gasteiger partial charge on any atom is 0.123 e. The van der Waals surface area contributed by atoms with Crippen LogP contribution >= 0.6 is 11.6 Å². The van der Waals surface area contributed by atoms with Crippen molar-refractivity contribution >= 4 is 17.2 Å². The van der Waals surface area contributed by atoms with Crippen molar-refractivity contribution in [2.24, 2.45) is 5.73 Å². The monoisotopic (exact) mass is 509 g/mol. The lowest BCUT2D eigenvalue weighted by Gasteiger charge is -2.24.